The molecule has 2 aromatic heterocycles. The highest BCUT2D eigenvalue weighted by molar-refractivity contribution is 7.99. The van der Waals surface area contributed by atoms with E-state index in [9.17, 15) is 14.4 Å². The van der Waals surface area contributed by atoms with Crippen molar-refractivity contribution in [1.82, 2.24) is 25.1 Å². The van der Waals surface area contributed by atoms with Crippen LogP contribution >= 0.6 is 23.4 Å². The molecular weight excluding hydrogens is 406 g/mol. The molecule has 0 aliphatic rings. The summed E-state index contributed by atoms with van der Waals surface area (Å²) in [5, 5.41) is 11.4. The second-order valence-corrected chi connectivity index (χ2v) is 7.01. The molecule has 0 bridgehead atoms. The highest BCUT2D eigenvalue weighted by Gasteiger charge is 2.10. The van der Waals surface area contributed by atoms with Crippen LogP contribution in [0.1, 0.15) is 11.5 Å². The van der Waals surface area contributed by atoms with Crippen LogP contribution in [0.3, 0.4) is 0 Å². The van der Waals surface area contributed by atoms with E-state index in [1.54, 1.807) is 6.07 Å². The lowest BCUT2D eigenvalue weighted by molar-refractivity contribution is -0.118. The number of aromatic nitrogens is 4. The summed E-state index contributed by atoms with van der Waals surface area (Å²) in [7, 11) is 0. The van der Waals surface area contributed by atoms with Crippen molar-refractivity contribution < 1.29 is 9.21 Å². The molecule has 1 amide bonds. The van der Waals surface area contributed by atoms with Gasteiger partial charge >= 0.3 is 5.69 Å². The molecule has 1 aromatic carbocycles. The highest BCUT2D eigenvalue weighted by Crippen LogP contribution is 2.17. The number of nitrogens with zero attached hydrogens (tertiary/aromatic N) is 3. The molecule has 146 valence electrons. The Morgan fingerprint density at radius 2 is 2.07 bits per heavy atom. The third-order valence-corrected chi connectivity index (χ3v) is 4.86. The van der Waals surface area contributed by atoms with Crippen molar-refractivity contribution in [1.29, 1.82) is 0 Å². The summed E-state index contributed by atoms with van der Waals surface area (Å²) >= 11 is 7.16. The molecule has 2 N–H and O–H groups in total. The number of rotatable bonds is 8. The third kappa shape index (κ3) is 5.57. The molecule has 2 heterocycles. The first-order chi connectivity index (χ1) is 13.5. The molecule has 0 radical (unpaired) electrons. The standard InChI is InChI=1S/C17H16ClN5O4S/c18-12-4-2-1-3-11(12)9-19-14(25)10-28-17-22-21-15(27-17)6-8-23-7-5-13(24)20-16(23)26/h1-5,7H,6,8-10H2,(H,19,25)(H,20,24,26). The monoisotopic (exact) mass is 421 g/mol. The first-order valence-corrected chi connectivity index (χ1v) is 9.62. The van der Waals surface area contributed by atoms with E-state index >= 15 is 0 Å². The van der Waals surface area contributed by atoms with Gasteiger partial charge in [0.1, 0.15) is 0 Å². The zero-order valence-electron chi connectivity index (χ0n) is 14.6. The summed E-state index contributed by atoms with van der Waals surface area (Å²) in [6, 6.07) is 8.54. The SMILES string of the molecule is O=C(CSc1nnc(CCn2ccc(=O)[nH]c2=O)o1)NCc1ccccc1Cl. The van der Waals surface area contributed by atoms with Gasteiger partial charge in [-0.15, -0.1) is 10.2 Å². The summed E-state index contributed by atoms with van der Waals surface area (Å²) in [4.78, 5) is 36.8. The van der Waals surface area contributed by atoms with Crippen LogP contribution in [0.25, 0.3) is 0 Å². The number of carbonyl (C=O) groups is 1. The number of halogens is 1. The lowest BCUT2D eigenvalue weighted by Crippen LogP contribution is -2.29. The number of nitrogens with one attached hydrogen (secondary N) is 2. The Morgan fingerprint density at radius 3 is 2.86 bits per heavy atom. The molecule has 0 aliphatic carbocycles. The first-order valence-electron chi connectivity index (χ1n) is 8.26. The van der Waals surface area contributed by atoms with Crippen molar-refractivity contribution in [3.05, 3.63) is 73.8 Å². The summed E-state index contributed by atoms with van der Waals surface area (Å²) in [5.74, 6) is 0.257. The minimum absolute atomic E-state index is 0.117. The van der Waals surface area contributed by atoms with Crippen molar-refractivity contribution in [3.8, 4) is 0 Å². The number of aromatic amines is 1. The van der Waals surface area contributed by atoms with Gasteiger partial charge in [-0.1, -0.05) is 41.6 Å². The molecule has 0 saturated heterocycles. The zero-order chi connectivity index (χ0) is 19.9. The van der Waals surface area contributed by atoms with Gasteiger partial charge in [0.25, 0.3) is 10.8 Å². The van der Waals surface area contributed by atoms with Crippen LogP contribution in [-0.2, 0) is 24.3 Å². The van der Waals surface area contributed by atoms with Crippen LogP contribution in [0.15, 0.2) is 55.8 Å². The Bertz CT molecular complexity index is 1080. The van der Waals surface area contributed by atoms with E-state index in [4.69, 9.17) is 16.0 Å². The van der Waals surface area contributed by atoms with Gasteiger partial charge in [0.05, 0.1) is 5.75 Å². The quantitative estimate of drug-likeness (QED) is 0.524. The normalized spacial score (nSPS) is 10.8. The van der Waals surface area contributed by atoms with Crippen molar-refractivity contribution in [2.45, 2.75) is 24.7 Å². The molecule has 11 heteroatoms. The number of benzene rings is 1. The lowest BCUT2D eigenvalue weighted by atomic mass is 10.2. The van der Waals surface area contributed by atoms with Gasteiger partial charge in [-0.05, 0) is 11.6 Å². The van der Waals surface area contributed by atoms with Gasteiger partial charge in [0.15, 0.2) is 0 Å². The van der Waals surface area contributed by atoms with Gasteiger partial charge in [-0.25, -0.2) is 4.79 Å². The predicted octanol–water partition coefficient (Wildman–Crippen LogP) is 1.22. The Balaban J connectivity index is 1.45. The number of carbonyl (C=O) groups excluding carboxylic acids is 1. The predicted molar refractivity (Wildman–Crippen MR) is 103 cm³/mol. The number of thioether (sulfide) groups is 1. The number of amides is 1. The Kier molecular flexibility index (Phi) is 6.66. The van der Waals surface area contributed by atoms with E-state index in [1.807, 2.05) is 18.2 Å². The lowest BCUT2D eigenvalue weighted by Gasteiger charge is -2.05. The van der Waals surface area contributed by atoms with E-state index in [0.29, 0.717) is 23.9 Å². The molecule has 3 rings (SSSR count). The number of hydrogen-bond acceptors (Lipinski definition) is 7. The molecule has 3 aromatic rings. The molecule has 0 unspecified atom stereocenters. The number of H-pyrrole nitrogens is 1. The van der Waals surface area contributed by atoms with Crippen LogP contribution < -0.4 is 16.6 Å². The molecule has 0 atom stereocenters. The van der Waals surface area contributed by atoms with E-state index < -0.39 is 11.2 Å². The minimum Gasteiger partial charge on any atom is -0.416 e. The fourth-order valence-corrected chi connectivity index (χ4v) is 3.06. The second kappa shape index (κ2) is 9.38. The maximum Gasteiger partial charge on any atom is 0.328 e. The van der Waals surface area contributed by atoms with Gasteiger partial charge in [-0.2, -0.15) is 0 Å². The van der Waals surface area contributed by atoms with E-state index in [-0.39, 0.29) is 23.4 Å². The molecule has 0 aliphatic heterocycles. The largest absolute Gasteiger partial charge is 0.416 e. The highest BCUT2D eigenvalue weighted by atomic mass is 35.5. The Labute approximate surface area is 168 Å². The summed E-state index contributed by atoms with van der Waals surface area (Å²) < 4.78 is 6.79. The van der Waals surface area contributed by atoms with Gasteiger partial charge in [0, 0.05) is 36.8 Å². The van der Waals surface area contributed by atoms with Crippen LogP contribution in [0.5, 0.6) is 0 Å². The summed E-state index contributed by atoms with van der Waals surface area (Å²) in [6.07, 6.45) is 1.72. The maximum absolute atomic E-state index is 12.0. The fraction of sp³-hybridized carbons (Fsp3) is 0.235. The van der Waals surface area contributed by atoms with Crippen molar-refractivity contribution in [2.75, 3.05) is 5.75 Å². The summed E-state index contributed by atoms with van der Waals surface area (Å²) in [5.41, 5.74) is -0.123. The third-order valence-electron chi connectivity index (χ3n) is 3.67. The fourth-order valence-electron chi connectivity index (χ4n) is 2.25. The number of aryl methyl sites for hydroxylation is 2. The van der Waals surface area contributed by atoms with Crippen LogP contribution in [0.2, 0.25) is 5.02 Å². The summed E-state index contributed by atoms with van der Waals surface area (Å²) in [6.45, 7) is 0.613. The molecule has 0 spiro atoms. The maximum atomic E-state index is 12.0. The van der Waals surface area contributed by atoms with Gasteiger partial charge in [0.2, 0.25) is 11.8 Å². The van der Waals surface area contributed by atoms with E-state index in [1.165, 1.54) is 16.8 Å². The van der Waals surface area contributed by atoms with Crippen LogP contribution in [-0.4, -0.2) is 31.4 Å². The van der Waals surface area contributed by atoms with E-state index in [2.05, 4.69) is 20.5 Å². The first kappa shape index (κ1) is 19.9. The van der Waals surface area contributed by atoms with Gasteiger partial charge < -0.3 is 14.3 Å². The number of hydrogen-bond donors (Lipinski definition) is 2. The van der Waals surface area contributed by atoms with Crippen molar-refractivity contribution in [3.63, 3.8) is 0 Å². The molecule has 28 heavy (non-hydrogen) atoms. The van der Waals surface area contributed by atoms with Crippen LogP contribution in [0.4, 0.5) is 0 Å². The molecule has 0 saturated carbocycles. The Morgan fingerprint density at radius 1 is 1.25 bits per heavy atom. The molecule has 9 nitrogen and oxygen atoms in total. The second-order valence-electron chi connectivity index (χ2n) is 5.67. The molecular formula is C17H16ClN5O4S. The van der Waals surface area contributed by atoms with E-state index in [0.717, 1.165) is 17.3 Å². The smallest absolute Gasteiger partial charge is 0.328 e. The topological polar surface area (TPSA) is 123 Å². The average molecular weight is 422 g/mol. The zero-order valence-corrected chi connectivity index (χ0v) is 16.1. The Hall–Kier alpha value is -2.85. The van der Waals surface area contributed by atoms with Crippen molar-refractivity contribution >= 4 is 29.3 Å². The average Bonchev–Trinajstić information content (AvgIpc) is 3.13. The molecule has 0 fully saturated rings. The van der Waals surface area contributed by atoms with Crippen molar-refractivity contribution in [2.24, 2.45) is 0 Å². The van der Waals surface area contributed by atoms with Crippen LogP contribution in [0, 0.1) is 0 Å². The van der Waals surface area contributed by atoms with Gasteiger partial charge in [-0.3, -0.25) is 14.6 Å². The minimum atomic E-state index is -0.503.